The van der Waals surface area contributed by atoms with E-state index in [2.05, 4.69) is 302 Å². The van der Waals surface area contributed by atoms with Crippen LogP contribution in [0.5, 0.6) is 0 Å². The molecule has 2 aliphatic carbocycles. The molecule has 3 nitrogen and oxygen atoms in total. The maximum absolute atomic E-state index is 7.39. The van der Waals surface area contributed by atoms with E-state index >= 15 is 0 Å². The van der Waals surface area contributed by atoms with Crippen molar-refractivity contribution < 1.29 is 4.42 Å². The zero-order valence-electron chi connectivity index (χ0n) is 43.4. The maximum atomic E-state index is 7.39. The van der Waals surface area contributed by atoms with Gasteiger partial charge in [0.1, 0.15) is 11.2 Å². The van der Waals surface area contributed by atoms with Crippen LogP contribution in [-0.2, 0) is 5.41 Å². The quantitative estimate of drug-likeness (QED) is 0.151. The average molecular weight is 1010 g/mol. The van der Waals surface area contributed by atoms with Crippen molar-refractivity contribution in [3.63, 3.8) is 0 Å². The first-order chi connectivity index (χ1) is 39.1. The third-order valence-electron chi connectivity index (χ3n) is 16.9. The van der Waals surface area contributed by atoms with Crippen LogP contribution in [0.4, 0.5) is 34.1 Å². The van der Waals surface area contributed by atoms with Crippen LogP contribution in [-0.4, -0.2) is 0 Å². The fourth-order valence-corrected chi connectivity index (χ4v) is 13.4. The molecule has 13 aromatic carbocycles. The molecule has 0 aliphatic heterocycles. The van der Waals surface area contributed by atoms with E-state index in [4.69, 9.17) is 4.42 Å². The summed E-state index contributed by atoms with van der Waals surface area (Å²) < 4.78 is 7.39. The predicted molar refractivity (Wildman–Crippen MR) is 330 cm³/mol. The lowest BCUT2D eigenvalue weighted by molar-refractivity contribution is 0.669. The summed E-state index contributed by atoms with van der Waals surface area (Å²) in [6.45, 7) is 2.22. The predicted octanol–water partition coefficient (Wildman–Crippen LogP) is 20.8. The number of hydrogen-bond donors (Lipinski definition) is 0. The van der Waals surface area contributed by atoms with Crippen LogP contribution in [0.15, 0.2) is 290 Å². The molecule has 0 bridgehead atoms. The first-order valence-corrected chi connectivity index (χ1v) is 27.3. The van der Waals surface area contributed by atoms with Gasteiger partial charge in [-0.2, -0.15) is 0 Å². The highest BCUT2D eigenvalue weighted by Crippen LogP contribution is 2.66. The highest BCUT2D eigenvalue weighted by molar-refractivity contribution is 6.20. The fourth-order valence-electron chi connectivity index (χ4n) is 13.4. The Labute approximate surface area is 459 Å². The van der Waals surface area contributed by atoms with Gasteiger partial charge in [0.15, 0.2) is 0 Å². The molecule has 0 radical (unpaired) electrons. The monoisotopic (exact) mass is 1010 g/mol. The summed E-state index contributed by atoms with van der Waals surface area (Å²) in [5.74, 6) is 0. The lowest BCUT2D eigenvalue weighted by atomic mass is 9.70. The van der Waals surface area contributed by atoms with E-state index in [1.807, 2.05) is 0 Å². The van der Waals surface area contributed by atoms with E-state index < -0.39 is 5.41 Å². The van der Waals surface area contributed by atoms with Crippen molar-refractivity contribution in [1.29, 1.82) is 0 Å². The van der Waals surface area contributed by atoms with Crippen LogP contribution in [0.25, 0.3) is 88.0 Å². The number of benzene rings is 13. The van der Waals surface area contributed by atoms with Crippen molar-refractivity contribution in [2.24, 2.45) is 0 Å². The van der Waals surface area contributed by atoms with E-state index in [9.17, 15) is 0 Å². The SMILES string of the molecule is Cc1ccccc1N(c1ccc2c(c1)C1(c3ccccc3-c3ccccc31)c1cc(N(c3ccccc3)c3ccc4cc(-c5ccccc5)ccc4c3)c3c(oc4ccccc43)c1-2)c1ccc2cc(-c3ccccc3)ccc2c1. The van der Waals surface area contributed by atoms with Gasteiger partial charge in [-0.25, -0.2) is 0 Å². The third kappa shape index (κ3) is 6.86. The zero-order valence-corrected chi connectivity index (χ0v) is 43.4. The minimum absolute atomic E-state index is 0.718. The van der Waals surface area contributed by atoms with Gasteiger partial charge in [0.05, 0.1) is 16.5 Å². The van der Waals surface area contributed by atoms with Gasteiger partial charge in [-0.1, -0.05) is 206 Å². The van der Waals surface area contributed by atoms with Crippen molar-refractivity contribution in [3.05, 3.63) is 313 Å². The molecule has 16 rings (SSSR count). The molecular weight excluding hydrogens is 957 g/mol. The van der Waals surface area contributed by atoms with Gasteiger partial charge in [0.25, 0.3) is 0 Å². The Morgan fingerprint density at radius 1 is 0.316 bits per heavy atom. The van der Waals surface area contributed by atoms with Crippen LogP contribution >= 0.6 is 0 Å². The van der Waals surface area contributed by atoms with Crippen LogP contribution in [0.3, 0.4) is 0 Å². The van der Waals surface area contributed by atoms with E-state index in [0.717, 1.165) is 61.6 Å². The minimum Gasteiger partial charge on any atom is -0.455 e. The number of para-hydroxylation sites is 3. The van der Waals surface area contributed by atoms with E-state index in [0.29, 0.717) is 0 Å². The molecule has 2 aliphatic rings. The lowest BCUT2D eigenvalue weighted by Gasteiger charge is -2.33. The molecule has 1 spiro atoms. The largest absolute Gasteiger partial charge is 0.455 e. The van der Waals surface area contributed by atoms with Crippen molar-refractivity contribution in [1.82, 2.24) is 0 Å². The third-order valence-corrected chi connectivity index (χ3v) is 16.9. The number of furan rings is 1. The molecular formula is C76H50N2O. The zero-order chi connectivity index (χ0) is 52.2. The smallest absolute Gasteiger partial charge is 0.145 e. The summed E-state index contributed by atoms with van der Waals surface area (Å²) in [5.41, 5.74) is 23.3. The molecule has 0 saturated heterocycles. The van der Waals surface area contributed by atoms with E-state index in [1.165, 1.54) is 88.3 Å². The van der Waals surface area contributed by atoms with Crippen molar-refractivity contribution in [2.45, 2.75) is 12.3 Å². The molecule has 3 heteroatoms. The second kappa shape index (κ2) is 17.7. The van der Waals surface area contributed by atoms with Crippen molar-refractivity contribution in [2.75, 3.05) is 9.80 Å². The number of fused-ring (bicyclic) bond motifs is 16. The second-order valence-corrected chi connectivity index (χ2v) is 21.2. The first-order valence-electron chi connectivity index (χ1n) is 27.3. The number of anilines is 6. The molecule has 0 unspecified atom stereocenters. The summed E-state index contributed by atoms with van der Waals surface area (Å²) in [4.78, 5) is 4.93. The fraction of sp³-hybridized carbons (Fsp3) is 0.0263. The Morgan fingerprint density at radius 3 is 1.44 bits per heavy atom. The summed E-state index contributed by atoms with van der Waals surface area (Å²) in [7, 11) is 0. The summed E-state index contributed by atoms with van der Waals surface area (Å²) >= 11 is 0. The lowest BCUT2D eigenvalue weighted by Crippen LogP contribution is -2.26. The Bertz CT molecular complexity index is 4700. The Morgan fingerprint density at radius 2 is 0.810 bits per heavy atom. The summed E-state index contributed by atoms with van der Waals surface area (Å²) in [5, 5.41) is 6.91. The minimum atomic E-state index is -0.718. The van der Waals surface area contributed by atoms with Gasteiger partial charge >= 0.3 is 0 Å². The number of aryl methyl sites for hydroxylation is 1. The molecule has 0 saturated carbocycles. The van der Waals surface area contributed by atoms with E-state index in [-0.39, 0.29) is 0 Å². The number of rotatable bonds is 8. The average Bonchev–Trinajstić information content (AvgIpc) is 2.12. The van der Waals surface area contributed by atoms with Crippen LogP contribution in [0, 0.1) is 6.92 Å². The van der Waals surface area contributed by atoms with Crippen molar-refractivity contribution in [3.8, 4) is 44.5 Å². The van der Waals surface area contributed by atoms with Gasteiger partial charge in [0, 0.05) is 39.4 Å². The molecule has 370 valence electrons. The van der Waals surface area contributed by atoms with Gasteiger partial charge < -0.3 is 14.2 Å². The topological polar surface area (TPSA) is 19.6 Å². The van der Waals surface area contributed by atoms with Gasteiger partial charge in [-0.3, -0.25) is 0 Å². The molecule has 79 heavy (non-hydrogen) atoms. The molecule has 0 atom stereocenters. The van der Waals surface area contributed by atoms with Gasteiger partial charge in [-0.05, 0) is 174 Å². The highest BCUT2D eigenvalue weighted by atomic mass is 16.3. The molecule has 1 aromatic heterocycles. The number of nitrogens with zero attached hydrogens (tertiary/aromatic N) is 2. The van der Waals surface area contributed by atoms with Crippen LogP contribution < -0.4 is 9.80 Å². The van der Waals surface area contributed by atoms with Crippen LogP contribution in [0.2, 0.25) is 0 Å². The number of hydrogen-bond acceptors (Lipinski definition) is 3. The van der Waals surface area contributed by atoms with Gasteiger partial charge in [-0.15, -0.1) is 0 Å². The first kappa shape index (κ1) is 45.0. The molecule has 0 amide bonds. The van der Waals surface area contributed by atoms with Gasteiger partial charge in [0.2, 0.25) is 0 Å². The maximum Gasteiger partial charge on any atom is 0.145 e. The van der Waals surface area contributed by atoms with Crippen LogP contribution in [0.1, 0.15) is 27.8 Å². The Hall–Kier alpha value is -10.2. The second-order valence-electron chi connectivity index (χ2n) is 21.2. The molecule has 1 heterocycles. The Balaban J connectivity index is 0.962. The molecule has 0 fully saturated rings. The molecule has 0 N–H and O–H groups in total. The van der Waals surface area contributed by atoms with E-state index in [1.54, 1.807) is 0 Å². The normalized spacial score (nSPS) is 12.7. The summed E-state index contributed by atoms with van der Waals surface area (Å²) in [6.07, 6.45) is 0. The summed E-state index contributed by atoms with van der Waals surface area (Å²) in [6, 6.07) is 105. The highest BCUT2D eigenvalue weighted by Gasteiger charge is 2.53. The molecule has 14 aromatic rings. The standard InChI is InChI=1S/C76H50N2O/c1-49-19-11-17-31-70(49)78(60-40-38-55-44-53(34-36-57(55)46-60)51-22-7-3-8-23-51)61-41-42-64-68(47-61)76(66-29-15-12-26-62(66)63-27-13-16-30-67(63)76)69-48-71(74-65-28-14-18-32-72(65)79-75(74)73(64)69)77(58-24-9-4-10-25-58)59-39-37-54-43-52(33-35-56(54)45-59)50-20-5-2-6-21-50/h2-48H,1H3. The Kier molecular flexibility index (Phi) is 10.1. The van der Waals surface area contributed by atoms with Crippen molar-refractivity contribution >= 4 is 77.6 Å².